The van der Waals surface area contributed by atoms with E-state index in [0.717, 1.165) is 51.4 Å². The Bertz CT molecular complexity index is 406. The van der Waals surface area contributed by atoms with Crippen molar-refractivity contribution in [3.63, 3.8) is 0 Å². The molecule has 27 heavy (non-hydrogen) atoms. The van der Waals surface area contributed by atoms with Crippen LogP contribution in [0.2, 0.25) is 0 Å². The highest BCUT2D eigenvalue weighted by molar-refractivity contribution is 7.49. The molecular formula is C19H39O7P. The Morgan fingerprint density at radius 2 is 1.37 bits per heavy atom. The molecule has 0 heterocycles. The van der Waals surface area contributed by atoms with Crippen LogP contribution in [0.1, 0.15) is 79.1 Å². The first-order valence-electron chi connectivity index (χ1n) is 10.3. The van der Waals surface area contributed by atoms with E-state index in [9.17, 15) is 14.5 Å². The number of aliphatic hydroxyl groups is 2. The average Bonchev–Trinajstić information content (AvgIpc) is 2.67. The molecular weight excluding hydrogens is 371 g/mol. The Morgan fingerprint density at radius 3 is 1.70 bits per heavy atom. The van der Waals surface area contributed by atoms with Crippen molar-refractivity contribution in [1.82, 2.24) is 0 Å². The Morgan fingerprint density at radius 1 is 0.926 bits per heavy atom. The summed E-state index contributed by atoms with van der Waals surface area (Å²) in [5.41, 5.74) is 0. The third kappa shape index (κ3) is 11.9. The van der Waals surface area contributed by atoms with E-state index in [-0.39, 0.29) is 25.0 Å². The molecule has 0 aromatic carbocycles. The van der Waals surface area contributed by atoms with Gasteiger partial charge in [-0.15, -0.1) is 0 Å². The maximum atomic E-state index is 13.0. The maximum absolute atomic E-state index is 13.0. The number of phosphoric ester groups is 1. The van der Waals surface area contributed by atoms with E-state index in [1.54, 1.807) is 0 Å². The van der Waals surface area contributed by atoms with E-state index in [0.29, 0.717) is 0 Å². The van der Waals surface area contributed by atoms with Gasteiger partial charge >= 0.3 is 13.8 Å². The number of unbranched alkanes of at least 4 members (excludes halogenated alkanes) is 2. The molecule has 3 atom stereocenters. The van der Waals surface area contributed by atoms with Crippen molar-refractivity contribution in [2.24, 2.45) is 11.8 Å². The molecule has 0 radical (unpaired) electrons. The van der Waals surface area contributed by atoms with E-state index in [1.165, 1.54) is 0 Å². The van der Waals surface area contributed by atoms with Gasteiger partial charge in [-0.2, -0.15) is 0 Å². The molecule has 7 nitrogen and oxygen atoms in total. The highest BCUT2D eigenvalue weighted by Gasteiger charge is 2.35. The molecule has 0 rings (SSSR count). The highest BCUT2D eigenvalue weighted by atomic mass is 31.2. The van der Waals surface area contributed by atoms with Crippen molar-refractivity contribution in [3.8, 4) is 0 Å². The highest BCUT2D eigenvalue weighted by Crippen LogP contribution is 2.51. The summed E-state index contributed by atoms with van der Waals surface area (Å²) in [5, 5.41) is 18.3. The van der Waals surface area contributed by atoms with E-state index < -0.39 is 26.5 Å². The summed E-state index contributed by atoms with van der Waals surface area (Å²) in [7, 11) is -4.16. The Hall–Kier alpha value is -0.460. The lowest BCUT2D eigenvalue weighted by Crippen LogP contribution is -2.27. The van der Waals surface area contributed by atoms with Crippen LogP contribution in [0.15, 0.2) is 0 Å². The van der Waals surface area contributed by atoms with Crippen LogP contribution in [0.4, 0.5) is 0 Å². The van der Waals surface area contributed by atoms with Crippen LogP contribution in [-0.4, -0.2) is 42.1 Å². The number of aliphatic hydroxyl groups excluding tert-OH is 2. The van der Waals surface area contributed by atoms with Gasteiger partial charge in [-0.1, -0.05) is 66.2 Å². The number of hydrogen-bond acceptors (Lipinski definition) is 7. The molecule has 0 amide bonds. The monoisotopic (exact) mass is 410 g/mol. The standard InChI is InChI=1S/C19H39O7P/c1-5-9-11-16(7-3)14-24-27(23,26-19(22)18(21)13-20)25-15-17(8-4)12-10-6-2/h16-18,20-21H,5-15H2,1-4H3. The van der Waals surface area contributed by atoms with Crippen molar-refractivity contribution in [3.05, 3.63) is 0 Å². The quantitative estimate of drug-likeness (QED) is 0.341. The number of rotatable bonds is 17. The first-order valence-corrected chi connectivity index (χ1v) is 11.7. The molecule has 0 saturated heterocycles. The van der Waals surface area contributed by atoms with Gasteiger partial charge in [0.15, 0.2) is 6.10 Å². The van der Waals surface area contributed by atoms with Gasteiger partial charge < -0.3 is 14.7 Å². The molecule has 2 N–H and O–H groups in total. The molecule has 0 aliphatic carbocycles. The number of carbonyl (C=O) groups excluding carboxylic acids is 1. The Labute approximate surface area is 164 Å². The predicted octanol–water partition coefficient (Wildman–Crippen LogP) is 4.46. The van der Waals surface area contributed by atoms with E-state index in [4.69, 9.17) is 18.7 Å². The molecule has 0 aliphatic rings. The van der Waals surface area contributed by atoms with Crippen molar-refractivity contribution >= 4 is 13.8 Å². The van der Waals surface area contributed by atoms with Crippen LogP contribution in [0, 0.1) is 11.8 Å². The van der Waals surface area contributed by atoms with E-state index >= 15 is 0 Å². The molecule has 0 aromatic heterocycles. The summed E-state index contributed by atoms with van der Waals surface area (Å²) in [6.45, 7) is 7.73. The fourth-order valence-electron chi connectivity index (χ4n) is 2.53. The summed E-state index contributed by atoms with van der Waals surface area (Å²) in [6, 6.07) is 0. The molecule has 3 unspecified atom stereocenters. The third-order valence-corrected chi connectivity index (χ3v) is 6.00. The summed E-state index contributed by atoms with van der Waals surface area (Å²) >= 11 is 0. The zero-order chi connectivity index (χ0) is 20.7. The minimum Gasteiger partial charge on any atom is -0.393 e. The number of phosphoric acid groups is 1. The average molecular weight is 410 g/mol. The molecule has 0 bridgehead atoms. The molecule has 0 aromatic rings. The Balaban J connectivity index is 4.96. The van der Waals surface area contributed by atoms with Crippen LogP contribution < -0.4 is 0 Å². The second-order valence-electron chi connectivity index (χ2n) is 6.98. The van der Waals surface area contributed by atoms with Gasteiger partial charge in [-0.3, -0.25) is 9.05 Å². The second-order valence-corrected chi connectivity index (χ2v) is 8.57. The van der Waals surface area contributed by atoms with Crippen molar-refractivity contribution in [2.45, 2.75) is 85.2 Å². The van der Waals surface area contributed by atoms with Gasteiger partial charge in [-0.25, -0.2) is 9.36 Å². The fourth-order valence-corrected chi connectivity index (χ4v) is 3.83. The second kappa shape index (κ2) is 15.5. The summed E-state index contributed by atoms with van der Waals surface area (Å²) in [6.07, 6.45) is 5.95. The lowest BCUT2D eigenvalue weighted by atomic mass is 10.0. The maximum Gasteiger partial charge on any atom is 0.532 e. The topological polar surface area (TPSA) is 102 Å². The summed E-state index contributed by atoms with van der Waals surface area (Å²) < 4.78 is 28.7. The minimum absolute atomic E-state index is 0.155. The summed E-state index contributed by atoms with van der Waals surface area (Å²) in [4.78, 5) is 11.8. The van der Waals surface area contributed by atoms with Crippen LogP contribution in [-0.2, 0) is 22.9 Å². The van der Waals surface area contributed by atoms with Crippen molar-refractivity contribution in [1.29, 1.82) is 0 Å². The van der Waals surface area contributed by atoms with E-state index in [1.807, 2.05) is 13.8 Å². The fraction of sp³-hybridized carbons (Fsp3) is 0.947. The third-order valence-electron chi connectivity index (χ3n) is 4.67. The van der Waals surface area contributed by atoms with Crippen molar-refractivity contribution < 1.29 is 33.1 Å². The van der Waals surface area contributed by atoms with Crippen LogP contribution >= 0.6 is 7.82 Å². The zero-order valence-electron chi connectivity index (χ0n) is 17.4. The molecule has 8 heteroatoms. The predicted molar refractivity (Wildman–Crippen MR) is 105 cm³/mol. The van der Waals surface area contributed by atoms with Gasteiger partial charge in [0.2, 0.25) is 0 Å². The van der Waals surface area contributed by atoms with Crippen LogP contribution in [0.5, 0.6) is 0 Å². The number of hydrogen-bond donors (Lipinski definition) is 2. The zero-order valence-corrected chi connectivity index (χ0v) is 18.3. The lowest BCUT2D eigenvalue weighted by molar-refractivity contribution is -0.147. The SMILES string of the molecule is CCCCC(CC)COP(=O)(OCC(CC)CCCC)OC(=O)C(O)CO. The first kappa shape index (κ1) is 26.5. The summed E-state index contributed by atoms with van der Waals surface area (Å²) in [5.74, 6) is -0.833. The number of carbonyl (C=O) groups is 1. The molecule has 0 saturated carbocycles. The first-order chi connectivity index (χ1) is 12.9. The van der Waals surface area contributed by atoms with Gasteiger partial charge in [-0.05, 0) is 24.7 Å². The lowest BCUT2D eigenvalue weighted by Gasteiger charge is -2.23. The van der Waals surface area contributed by atoms with Crippen LogP contribution in [0.3, 0.4) is 0 Å². The molecule has 0 aliphatic heterocycles. The van der Waals surface area contributed by atoms with E-state index in [2.05, 4.69) is 13.8 Å². The smallest absolute Gasteiger partial charge is 0.393 e. The van der Waals surface area contributed by atoms with Gasteiger partial charge in [0.1, 0.15) is 0 Å². The van der Waals surface area contributed by atoms with Gasteiger partial charge in [0.25, 0.3) is 0 Å². The van der Waals surface area contributed by atoms with Crippen molar-refractivity contribution in [2.75, 3.05) is 19.8 Å². The molecule has 0 fully saturated rings. The van der Waals surface area contributed by atoms with Gasteiger partial charge in [0.05, 0.1) is 19.8 Å². The largest absolute Gasteiger partial charge is 0.532 e. The minimum atomic E-state index is -4.16. The van der Waals surface area contributed by atoms with Crippen LogP contribution in [0.25, 0.3) is 0 Å². The molecule has 0 spiro atoms. The van der Waals surface area contributed by atoms with Gasteiger partial charge in [0, 0.05) is 0 Å². The molecule has 162 valence electrons. The normalized spacial score (nSPS) is 17.1. The Kier molecular flexibility index (Phi) is 15.2.